The average molecular weight is 554 g/mol. The van der Waals surface area contributed by atoms with E-state index in [1.165, 1.54) is 94.4 Å². The van der Waals surface area contributed by atoms with Crippen LogP contribution >= 0.6 is 0 Å². The highest BCUT2D eigenvalue weighted by Gasteiger charge is 2.69. The summed E-state index contributed by atoms with van der Waals surface area (Å²) in [6.45, 7) is 9.35. The predicted octanol–water partition coefficient (Wildman–Crippen LogP) is 6.74. The lowest BCUT2D eigenvalue weighted by Gasteiger charge is -2.37. The SMILES string of the molecule is Cc1cc(C)[n+]2n1-c1cccc3c1C21c2c4c(cc5c6cccc7c6n(c25)-c2c(ccc[n+]21)C7(C)C)c1ccccc1n4-3. The van der Waals surface area contributed by atoms with E-state index in [1.54, 1.807) is 0 Å². The summed E-state index contributed by atoms with van der Waals surface area (Å²) in [4.78, 5) is 0. The van der Waals surface area contributed by atoms with E-state index in [2.05, 4.69) is 142 Å². The molecule has 0 N–H and O–H groups in total. The monoisotopic (exact) mass is 553 g/mol. The van der Waals surface area contributed by atoms with Crippen LogP contribution in [0.25, 0.3) is 60.8 Å². The second-order valence-corrected chi connectivity index (χ2v) is 13.6. The number of benzene rings is 4. The van der Waals surface area contributed by atoms with Crippen LogP contribution in [0.4, 0.5) is 0 Å². The van der Waals surface area contributed by atoms with Crippen LogP contribution in [0, 0.1) is 13.8 Å². The number of rotatable bonds is 0. The fraction of sp³-hybridized carbons (Fsp3) is 0.158. The van der Waals surface area contributed by atoms with Gasteiger partial charge in [0, 0.05) is 45.5 Å². The molecule has 5 heteroatoms. The van der Waals surface area contributed by atoms with E-state index < -0.39 is 5.66 Å². The van der Waals surface area contributed by atoms with Gasteiger partial charge < -0.3 is 4.57 Å². The molecule has 4 aliphatic rings. The third-order valence-electron chi connectivity index (χ3n) is 11.4. The molecular formula is C38H27N5+2. The molecule has 202 valence electrons. The van der Waals surface area contributed by atoms with Crippen molar-refractivity contribution in [1.82, 2.24) is 13.8 Å². The van der Waals surface area contributed by atoms with Gasteiger partial charge in [-0.05, 0) is 49.4 Å². The van der Waals surface area contributed by atoms with Gasteiger partial charge in [-0.25, -0.2) is 0 Å². The Morgan fingerprint density at radius 1 is 0.628 bits per heavy atom. The number of nitrogens with zero attached hydrogens (tertiary/aromatic N) is 5. The van der Waals surface area contributed by atoms with Crippen molar-refractivity contribution in [3.63, 3.8) is 0 Å². The van der Waals surface area contributed by atoms with Crippen molar-refractivity contribution in [2.45, 2.75) is 38.8 Å². The maximum Gasteiger partial charge on any atom is 0.394 e. The van der Waals surface area contributed by atoms with Crippen LogP contribution in [0.15, 0.2) is 91.1 Å². The number of fused-ring (bicyclic) bond motifs is 7. The quantitative estimate of drug-likeness (QED) is 0.186. The molecule has 4 aromatic heterocycles. The molecule has 0 bridgehead atoms. The van der Waals surface area contributed by atoms with Gasteiger partial charge >= 0.3 is 5.66 Å². The molecule has 4 aromatic carbocycles. The molecule has 0 aliphatic carbocycles. The maximum absolute atomic E-state index is 2.64. The molecule has 8 heterocycles. The van der Waals surface area contributed by atoms with Crippen LogP contribution in [0.5, 0.6) is 0 Å². The second-order valence-electron chi connectivity index (χ2n) is 13.6. The number of pyridine rings is 1. The Labute approximate surface area is 247 Å². The molecule has 43 heavy (non-hydrogen) atoms. The molecule has 4 aliphatic heterocycles. The van der Waals surface area contributed by atoms with Gasteiger partial charge in [-0.2, -0.15) is 9.13 Å². The Hall–Kier alpha value is -5.16. The van der Waals surface area contributed by atoms with Crippen LogP contribution in [-0.2, 0) is 11.1 Å². The summed E-state index contributed by atoms with van der Waals surface area (Å²) in [5, 5.41) is 5.34. The van der Waals surface area contributed by atoms with Crippen molar-refractivity contribution < 1.29 is 9.25 Å². The normalized spacial score (nSPS) is 19.0. The van der Waals surface area contributed by atoms with E-state index in [1.807, 2.05) is 0 Å². The summed E-state index contributed by atoms with van der Waals surface area (Å²) < 4.78 is 12.9. The minimum Gasteiger partial charge on any atom is -0.307 e. The van der Waals surface area contributed by atoms with E-state index in [9.17, 15) is 0 Å². The molecule has 0 fully saturated rings. The molecule has 5 nitrogen and oxygen atoms in total. The van der Waals surface area contributed by atoms with Gasteiger partial charge in [-0.1, -0.05) is 54.9 Å². The van der Waals surface area contributed by atoms with Gasteiger partial charge in [0.1, 0.15) is 22.3 Å². The number of para-hydroxylation sites is 2. The summed E-state index contributed by atoms with van der Waals surface area (Å²) in [7, 11) is 0. The molecule has 0 saturated carbocycles. The first kappa shape index (κ1) is 21.5. The van der Waals surface area contributed by atoms with Gasteiger partial charge in [0.15, 0.2) is 5.52 Å². The molecule has 1 atom stereocenters. The highest BCUT2D eigenvalue weighted by Crippen LogP contribution is 2.57. The lowest BCUT2D eigenvalue weighted by molar-refractivity contribution is -0.995. The Balaban J connectivity index is 1.53. The van der Waals surface area contributed by atoms with Gasteiger partial charge in [0.2, 0.25) is 5.69 Å². The Kier molecular flexibility index (Phi) is 3.07. The summed E-state index contributed by atoms with van der Waals surface area (Å²) in [5.74, 6) is 1.29. The third-order valence-corrected chi connectivity index (χ3v) is 11.4. The second kappa shape index (κ2) is 6.13. The summed E-state index contributed by atoms with van der Waals surface area (Å²) in [6.07, 6.45) is 2.35. The molecule has 8 aromatic rings. The lowest BCUT2D eigenvalue weighted by atomic mass is 9.75. The van der Waals surface area contributed by atoms with E-state index in [-0.39, 0.29) is 5.41 Å². The lowest BCUT2D eigenvalue weighted by Crippen LogP contribution is -2.78. The largest absolute Gasteiger partial charge is 0.394 e. The molecule has 0 amide bonds. The van der Waals surface area contributed by atoms with E-state index >= 15 is 0 Å². The highest BCUT2D eigenvalue weighted by atomic mass is 15.5. The first-order chi connectivity index (χ1) is 21.0. The third kappa shape index (κ3) is 1.84. The fourth-order valence-electron chi connectivity index (χ4n) is 9.95. The van der Waals surface area contributed by atoms with Crippen molar-refractivity contribution in [2.75, 3.05) is 0 Å². The van der Waals surface area contributed by atoms with Crippen molar-refractivity contribution in [3.8, 4) is 17.2 Å². The van der Waals surface area contributed by atoms with Gasteiger partial charge in [0.05, 0.1) is 34.2 Å². The number of hydrogen-bond donors (Lipinski definition) is 0. The van der Waals surface area contributed by atoms with Crippen molar-refractivity contribution in [1.29, 1.82) is 0 Å². The minimum absolute atomic E-state index is 0.148. The molecule has 0 radical (unpaired) electrons. The van der Waals surface area contributed by atoms with Crippen LogP contribution in [0.2, 0.25) is 0 Å². The summed E-state index contributed by atoms with van der Waals surface area (Å²) >= 11 is 0. The Morgan fingerprint density at radius 2 is 1.37 bits per heavy atom. The predicted molar refractivity (Wildman–Crippen MR) is 168 cm³/mol. The first-order valence-corrected chi connectivity index (χ1v) is 15.3. The average Bonchev–Trinajstić information content (AvgIpc) is 3.72. The van der Waals surface area contributed by atoms with Crippen molar-refractivity contribution in [3.05, 3.63) is 125 Å². The van der Waals surface area contributed by atoms with Gasteiger partial charge in [-0.3, -0.25) is 0 Å². The van der Waals surface area contributed by atoms with E-state index in [4.69, 9.17) is 0 Å². The van der Waals surface area contributed by atoms with Gasteiger partial charge in [0.25, 0.3) is 5.82 Å². The molecule has 0 saturated heterocycles. The fourth-order valence-corrected chi connectivity index (χ4v) is 9.95. The molecule has 1 spiro atoms. The zero-order chi connectivity index (χ0) is 28.3. The minimum atomic E-state index is -0.574. The summed E-state index contributed by atoms with van der Waals surface area (Å²) in [5.41, 5.74) is 15.2. The van der Waals surface area contributed by atoms with Crippen LogP contribution in [0.1, 0.15) is 47.5 Å². The van der Waals surface area contributed by atoms with E-state index in [0.717, 1.165) is 0 Å². The maximum atomic E-state index is 2.64. The number of aryl methyl sites for hydroxylation is 2. The number of hydrogen-bond acceptors (Lipinski definition) is 0. The topological polar surface area (TPSA) is 22.5 Å². The van der Waals surface area contributed by atoms with Crippen molar-refractivity contribution >= 4 is 43.6 Å². The Morgan fingerprint density at radius 3 is 2.28 bits per heavy atom. The smallest absolute Gasteiger partial charge is 0.307 e. The van der Waals surface area contributed by atoms with E-state index in [0.29, 0.717) is 0 Å². The summed E-state index contributed by atoms with van der Waals surface area (Å²) in [6, 6.07) is 32.4. The number of aromatic nitrogens is 5. The Bertz CT molecular complexity index is 2730. The highest BCUT2D eigenvalue weighted by molar-refractivity contribution is 6.22. The van der Waals surface area contributed by atoms with Gasteiger partial charge in [-0.15, -0.1) is 4.68 Å². The zero-order valence-corrected chi connectivity index (χ0v) is 24.4. The molecule has 12 rings (SSSR count). The van der Waals surface area contributed by atoms with Crippen LogP contribution in [-0.4, -0.2) is 13.8 Å². The molecular weight excluding hydrogens is 526 g/mol. The first-order valence-electron chi connectivity index (χ1n) is 15.3. The molecule has 1 unspecified atom stereocenters. The van der Waals surface area contributed by atoms with Crippen molar-refractivity contribution in [2.24, 2.45) is 0 Å². The van der Waals surface area contributed by atoms with Crippen LogP contribution < -0.4 is 9.25 Å². The van der Waals surface area contributed by atoms with Crippen LogP contribution in [0.3, 0.4) is 0 Å². The standard InChI is InChI=1S/C38H27N5/c1-20-18-21(2)43-38-31-29(15-8-16-30(31)42(20)43)40-28-14-6-5-10-22(28)24-19-25-23-11-7-12-26-33(23)41(35(25)32(38)34(24)40)36-27(37(26,3)4)13-9-17-39(36)38/h5-19H,1-4H3/q+2. The zero-order valence-electron chi connectivity index (χ0n) is 24.4.